The molecule has 0 fully saturated rings. The first-order valence-corrected chi connectivity index (χ1v) is 10.0. The highest BCUT2D eigenvalue weighted by molar-refractivity contribution is 6.93. The Morgan fingerprint density at radius 2 is 1.42 bits per heavy atom. The molecule has 19 heavy (non-hydrogen) atoms. The van der Waals surface area contributed by atoms with Crippen molar-refractivity contribution < 1.29 is 0 Å². The van der Waals surface area contributed by atoms with E-state index in [1.807, 2.05) is 0 Å². The molecule has 0 spiro atoms. The van der Waals surface area contributed by atoms with E-state index in [0.717, 1.165) is 12.8 Å². The molecule has 0 N–H and O–H groups in total. The Hall–Kier alpha value is -1.60. The average Bonchev–Trinajstić information content (AvgIpc) is 2.46. The molecule has 2 aromatic rings. The molecule has 0 aliphatic heterocycles. The van der Waals surface area contributed by atoms with Crippen LogP contribution in [0, 0.1) is 0 Å². The molecular weight excluding hydrogens is 244 g/mol. The van der Waals surface area contributed by atoms with Gasteiger partial charge < -0.3 is 0 Å². The van der Waals surface area contributed by atoms with Gasteiger partial charge in [-0.25, -0.2) is 0 Å². The van der Waals surface area contributed by atoms with Crippen molar-refractivity contribution in [3.8, 4) is 0 Å². The minimum Gasteiger partial charge on any atom is -0.0943 e. The predicted octanol–water partition coefficient (Wildman–Crippen LogP) is 4.33. The van der Waals surface area contributed by atoms with Crippen LogP contribution in [-0.2, 0) is 6.42 Å². The van der Waals surface area contributed by atoms with Crippen LogP contribution in [0.25, 0.3) is 0 Å². The molecule has 98 valence electrons. The van der Waals surface area contributed by atoms with Gasteiger partial charge in [0.1, 0.15) is 8.07 Å². The molecular formula is C18H22Si. The summed E-state index contributed by atoms with van der Waals surface area (Å²) >= 11 is 0. The molecule has 2 aromatic carbocycles. The van der Waals surface area contributed by atoms with Gasteiger partial charge in [-0.2, -0.15) is 0 Å². The maximum absolute atomic E-state index is 2.46. The van der Waals surface area contributed by atoms with Gasteiger partial charge in [0.25, 0.3) is 0 Å². The number of hydrogen-bond donors (Lipinski definition) is 0. The molecule has 2 rings (SSSR count). The highest BCUT2D eigenvalue weighted by Crippen LogP contribution is 2.08. The normalized spacial score (nSPS) is 11.9. The van der Waals surface area contributed by atoms with Crippen molar-refractivity contribution in [2.24, 2.45) is 0 Å². The Bertz CT molecular complexity index is 512. The van der Waals surface area contributed by atoms with Crippen molar-refractivity contribution in [3.63, 3.8) is 0 Å². The second-order valence-electron chi connectivity index (χ2n) is 5.51. The molecule has 0 aromatic heterocycles. The zero-order chi connectivity index (χ0) is 13.6. The Labute approximate surface area is 117 Å². The fraction of sp³-hybridized carbons (Fsp3) is 0.222. The van der Waals surface area contributed by atoms with Gasteiger partial charge in [0.2, 0.25) is 0 Å². The summed E-state index contributed by atoms with van der Waals surface area (Å²) in [4.78, 5) is 0. The third kappa shape index (κ3) is 4.21. The minimum absolute atomic E-state index is 1.13. The van der Waals surface area contributed by atoms with E-state index in [9.17, 15) is 0 Å². The summed E-state index contributed by atoms with van der Waals surface area (Å²) in [5.74, 6) is 0. The molecule has 0 nitrogen and oxygen atoms in total. The summed E-state index contributed by atoms with van der Waals surface area (Å²) in [6.45, 7) is 4.81. The Morgan fingerprint density at radius 3 is 2.05 bits per heavy atom. The number of aryl methyl sites for hydroxylation is 1. The molecule has 0 amide bonds. The summed E-state index contributed by atoms with van der Waals surface area (Å²) in [6.07, 6.45) is 4.64. The van der Waals surface area contributed by atoms with Crippen LogP contribution < -0.4 is 5.19 Å². The standard InChI is InChI=1S/C18H22Si/c1-19(2,18-14-7-4-8-15-18)16-10-9-13-17-11-5-3-6-12-17/h3-8,10-12,14-16H,9,13H2,1-2H3/b16-10+. The van der Waals surface area contributed by atoms with Crippen LogP contribution in [0.5, 0.6) is 0 Å². The number of allylic oxidation sites excluding steroid dienone is 1. The molecule has 0 heterocycles. The Morgan fingerprint density at radius 1 is 0.842 bits per heavy atom. The van der Waals surface area contributed by atoms with E-state index in [4.69, 9.17) is 0 Å². The zero-order valence-electron chi connectivity index (χ0n) is 11.8. The fourth-order valence-corrected chi connectivity index (χ4v) is 4.24. The van der Waals surface area contributed by atoms with Crippen molar-refractivity contribution >= 4 is 13.3 Å². The summed E-state index contributed by atoms with van der Waals surface area (Å²) in [5.41, 5.74) is 3.89. The first-order chi connectivity index (χ1) is 9.18. The van der Waals surface area contributed by atoms with Crippen LogP contribution in [0.15, 0.2) is 72.4 Å². The van der Waals surface area contributed by atoms with E-state index in [1.165, 1.54) is 10.8 Å². The zero-order valence-corrected chi connectivity index (χ0v) is 12.8. The second kappa shape index (κ2) is 6.53. The van der Waals surface area contributed by atoms with Gasteiger partial charge in [-0.05, 0) is 18.4 Å². The van der Waals surface area contributed by atoms with Crippen molar-refractivity contribution in [2.75, 3.05) is 0 Å². The van der Waals surface area contributed by atoms with Gasteiger partial charge in [-0.1, -0.05) is 90.7 Å². The van der Waals surface area contributed by atoms with E-state index in [1.54, 1.807) is 0 Å². The molecule has 0 atom stereocenters. The molecule has 0 radical (unpaired) electrons. The van der Waals surface area contributed by atoms with Crippen LogP contribution in [0.3, 0.4) is 0 Å². The fourth-order valence-electron chi connectivity index (χ4n) is 2.24. The van der Waals surface area contributed by atoms with Gasteiger partial charge in [0, 0.05) is 0 Å². The lowest BCUT2D eigenvalue weighted by atomic mass is 10.1. The lowest BCUT2D eigenvalue weighted by molar-refractivity contribution is 1.00. The van der Waals surface area contributed by atoms with Gasteiger partial charge in [-0.3, -0.25) is 0 Å². The van der Waals surface area contributed by atoms with Gasteiger partial charge in [0.15, 0.2) is 0 Å². The number of hydrogen-bond acceptors (Lipinski definition) is 0. The summed E-state index contributed by atoms with van der Waals surface area (Å²) in [6, 6.07) is 21.6. The van der Waals surface area contributed by atoms with Gasteiger partial charge in [0.05, 0.1) is 0 Å². The maximum Gasteiger partial charge on any atom is 0.103 e. The maximum atomic E-state index is 2.46. The van der Waals surface area contributed by atoms with Gasteiger partial charge in [-0.15, -0.1) is 0 Å². The molecule has 0 bridgehead atoms. The number of rotatable bonds is 5. The van der Waals surface area contributed by atoms with Crippen molar-refractivity contribution in [2.45, 2.75) is 25.9 Å². The van der Waals surface area contributed by atoms with Crippen LogP contribution >= 0.6 is 0 Å². The molecule has 0 saturated carbocycles. The average molecular weight is 266 g/mol. The second-order valence-corrected chi connectivity index (χ2v) is 9.87. The summed E-state index contributed by atoms with van der Waals surface area (Å²) in [7, 11) is -1.40. The van der Waals surface area contributed by atoms with Crippen molar-refractivity contribution in [1.82, 2.24) is 0 Å². The Balaban J connectivity index is 1.92. The first-order valence-electron chi connectivity index (χ1n) is 6.96. The third-order valence-electron chi connectivity index (χ3n) is 3.49. The highest BCUT2D eigenvalue weighted by atomic mass is 28.3. The smallest absolute Gasteiger partial charge is 0.0943 e. The lowest BCUT2D eigenvalue weighted by Crippen LogP contribution is -2.39. The third-order valence-corrected chi connectivity index (χ3v) is 6.39. The van der Waals surface area contributed by atoms with E-state index in [-0.39, 0.29) is 0 Å². The van der Waals surface area contributed by atoms with Crippen LogP contribution in [0.4, 0.5) is 0 Å². The molecule has 0 aliphatic rings. The molecule has 0 unspecified atom stereocenters. The summed E-state index contributed by atoms with van der Waals surface area (Å²) in [5, 5.41) is 1.51. The number of benzene rings is 2. The summed E-state index contributed by atoms with van der Waals surface area (Å²) < 4.78 is 0. The topological polar surface area (TPSA) is 0 Å². The van der Waals surface area contributed by atoms with Crippen molar-refractivity contribution in [1.29, 1.82) is 0 Å². The monoisotopic (exact) mass is 266 g/mol. The predicted molar refractivity (Wildman–Crippen MR) is 87.5 cm³/mol. The first kappa shape index (κ1) is 13.8. The van der Waals surface area contributed by atoms with E-state index in [2.05, 4.69) is 85.5 Å². The minimum atomic E-state index is -1.40. The SMILES string of the molecule is C[Si](C)(/C=C/CCc1ccccc1)c1ccccc1. The van der Waals surface area contributed by atoms with Crippen LogP contribution in [0.2, 0.25) is 13.1 Å². The molecule has 0 aliphatic carbocycles. The molecule has 0 saturated heterocycles. The quantitative estimate of drug-likeness (QED) is 0.707. The van der Waals surface area contributed by atoms with Gasteiger partial charge >= 0.3 is 0 Å². The van der Waals surface area contributed by atoms with Crippen molar-refractivity contribution in [3.05, 3.63) is 78.0 Å². The Kier molecular flexibility index (Phi) is 4.75. The van der Waals surface area contributed by atoms with Crippen LogP contribution in [0.1, 0.15) is 12.0 Å². The largest absolute Gasteiger partial charge is 0.103 e. The van der Waals surface area contributed by atoms with Crippen LogP contribution in [-0.4, -0.2) is 8.07 Å². The highest BCUT2D eigenvalue weighted by Gasteiger charge is 2.18. The van der Waals surface area contributed by atoms with E-state index < -0.39 is 8.07 Å². The van der Waals surface area contributed by atoms with E-state index in [0.29, 0.717) is 0 Å². The van der Waals surface area contributed by atoms with E-state index >= 15 is 0 Å². The lowest BCUT2D eigenvalue weighted by Gasteiger charge is -2.18. The molecule has 1 heteroatoms.